The fourth-order valence-corrected chi connectivity index (χ4v) is 2.55. The summed E-state index contributed by atoms with van der Waals surface area (Å²) in [7, 11) is 1.64. The molecule has 1 aromatic rings. The SMILES string of the molecule is CCCn1ncc(OC)c1C(O)(CC)C1CC1. The molecule has 0 radical (unpaired) electrons. The summed E-state index contributed by atoms with van der Waals surface area (Å²) in [5, 5.41) is 15.2. The van der Waals surface area contributed by atoms with Crippen LogP contribution in [0.15, 0.2) is 6.20 Å². The summed E-state index contributed by atoms with van der Waals surface area (Å²) in [5.74, 6) is 1.09. The second-order valence-electron chi connectivity index (χ2n) is 4.84. The van der Waals surface area contributed by atoms with E-state index in [0.29, 0.717) is 12.3 Å². The highest BCUT2D eigenvalue weighted by molar-refractivity contribution is 5.32. The van der Waals surface area contributed by atoms with E-state index >= 15 is 0 Å². The molecule has 0 spiro atoms. The average molecular weight is 238 g/mol. The lowest BCUT2D eigenvalue weighted by atomic mass is 9.90. The number of aliphatic hydroxyl groups is 1. The summed E-state index contributed by atoms with van der Waals surface area (Å²) in [5.41, 5.74) is 0.101. The molecule has 0 amide bonds. The van der Waals surface area contributed by atoms with Crippen molar-refractivity contribution in [1.82, 2.24) is 9.78 Å². The molecule has 1 heterocycles. The summed E-state index contributed by atoms with van der Waals surface area (Å²) in [4.78, 5) is 0. The zero-order valence-electron chi connectivity index (χ0n) is 10.9. The van der Waals surface area contributed by atoms with Crippen molar-refractivity contribution in [3.63, 3.8) is 0 Å². The zero-order valence-corrected chi connectivity index (χ0v) is 10.9. The molecule has 1 unspecified atom stereocenters. The Kier molecular flexibility index (Phi) is 3.43. The second kappa shape index (κ2) is 4.69. The molecule has 96 valence electrons. The van der Waals surface area contributed by atoms with E-state index in [1.807, 2.05) is 11.6 Å². The summed E-state index contributed by atoms with van der Waals surface area (Å²) in [6, 6.07) is 0. The fraction of sp³-hybridized carbons (Fsp3) is 0.769. The van der Waals surface area contributed by atoms with Gasteiger partial charge in [0, 0.05) is 6.54 Å². The van der Waals surface area contributed by atoms with Crippen molar-refractivity contribution in [2.75, 3.05) is 7.11 Å². The lowest BCUT2D eigenvalue weighted by molar-refractivity contribution is -0.00200. The number of hydrogen-bond donors (Lipinski definition) is 1. The van der Waals surface area contributed by atoms with Gasteiger partial charge in [-0.05, 0) is 31.6 Å². The van der Waals surface area contributed by atoms with Gasteiger partial charge in [0.1, 0.15) is 11.3 Å². The first kappa shape index (κ1) is 12.4. The third-order valence-corrected chi connectivity index (χ3v) is 3.66. The van der Waals surface area contributed by atoms with E-state index in [0.717, 1.165) is 37.3 Å². The zero-order chi connectivity index (χ0) is 12.5. The largest absolute Gasteiger partial charge is 0.493 e. The highest BCUT2D eigenvalue weighted by Crippen LogP contribution is 2.49. The van der Waals surface area contributed by atoms with E-state index in [2.05, 4.69) is 12.0 Å². The molecular formula is C13H22N2O2. The van der Waals surface area contributed by atoms with Gasteiger partial charge < -0.3 is 9.84 Å². The average Bonchev–Trinajstić information content (AvgIpc) is 3.11. The van der Waals surface area contributed by atoms with Crippen LogP contribution in [0.1, 0.15) is 45.2 Å². The van der Waals surface area contributed by atoms with Gasteiger partial charge in [-0.25, -0.2) is 0 Å². The molecule has 0 aliphatic heterocycles. The topological polar surface area (TPSA) is 47.3 Å². The molecule has 4 heteroatoms. The molecular weight excluding hydrogens is 216 g/mol. The van der Waals surface area contributed by atoms with E-state index in [-0.39, 0.29) is 0 Å². The normalized spacial score (nSPS) is 19.1. The minimum Gasteiger partial charge on any atom is -0.493 e. The number of ether oxygens (including phenoxy) is 1. The lowest BCUT2D eigenvalue weighted by Gasteiger charge is -2.28. The standard InChI is InChI=1S/C13H22N2O2/c1-4-8-15-12(11(17-3)9-14-15)13(16,5-2)10-6-7-10/h9-10,16H,4-8H2,1-3H3. The molecule has 1 fully saturated rings. The van der Waals surface area contributed by atoms with E-state index < -0.39 is 5.60 Å². The van der Waals surface area contributed by atoms with Gasteiger partial charge in [-0.15, -0.1) is 0 Å². The maximum absolute atomic E-state index is 10.9. The van der Waals surface area contributed by atoms with Crippen molar-refractivity contribution in [3.05, 3.63) is 11.9 Å². The molecule has 1 saturated carbocycles. The molecule has 1 atom stereocenters. The maximum Gasteiger partial charge on any atom is 0.162 e. The van der Waals surface area contributed by atoms with Crippen LogP contribution in [0.3, 0.4) is 0 Å². The summed E-state index contributed by atoms with van der Waals surface area (Å²) in [6.45, 7) is 4.97. The number of aryl methyl sites for hydroxylation is 1. The number of aromatic nitrogens is 2. The van der Waals surface area contributed by atoms with Gasteiger partial charge in [-0.1, -0.05) is 13.8 Å². The van der Waals surface area contributed by atoms with E-state index in [1.54, 1.807) is 13.3 Å². The Bertz CT molecular complexity index is 385. The van der Waals surface area contributed by atoms with Gasteiger partial charge in [0.2, 0.25) is 0 Å². The summed E-state index contributed by atoms with van der Waals surface area (Å²) in [6.07, 6.45) is 5.63. The van der Waals surface area contributed by atoms with Crippen molar-refractivity contribution in [3.8, 4) is 5.75 Å². The number of nitrogens with zero attached hydrogens (tertiary/aromatic N) is 2. The van der Waals surface area contributed by atoms with Gasteiger partial charge in [0.05, 0.1) is 13.3 Å². The summed E-state index contributed by atoms with van der Waals surface area (Å²) >= 11 is 0. The Balaban J connectivity index is 2.42. The quantitative estimate of drug-likeness (QED) is 0.827. The molecule has 0 saturated heterocycles. The number of methoxy groups -OCH3 is 1. The Morgan fingerprint density at radius 3 is 2.71 bits per heavy atom. The molecule has 0 bridgehead atoms. The number of hydrogen-bond acceptors (Lipinski definition) is 3. The third-order valence-electron chi connectivity index (χ3n) is 3.66. The van der Waals surface area contributed by atoms with Gasteiger partial charge in [0.15, 0.2) is 5.75 Å². The Morgan fingerprint density at radius 2 is 2.24 bits per heavy atom. The van der Waals surface area contributed by atoms with E-state index in [4.69, 9.17) is 4.74 Å². The molecule has 1 aromatic heterocycles. The Hall–Kier alpha value is -1.03. The Morgan fingerprint density at radius 1 is 1.53 bits per heavy atom. The number of rotatable bonds is 6. The van der Waals surface area contributed by atoms with Crippen LogP contribution in [0.4, 0.5) is 0 Å². The van der Waals surface area contributed by atoms with Crippen molar-refractivity contribution in [2.45, 2.75) is 51.7 Å². The molecule has 0 aromatic carbocycles. The second-order valence-corrected chi connectivity index (χ2v) is 4.84. The van der Waals surface area contributed by atoms with Crippen LogP contribution in [0.25, 0.3) is 0 Å². The van der Waals surface area contributed by atoms with Crippen molar-refractivity contribution in [1.29, 1.82) is 0 Å². The first-order chi connectivity index (χ1) is 8.17. The van der Waals surface area contributed by atoms with Gasteiger partial charge in [0.25, 0.3) is 0 Å². The molecule has 4 nitrogen and oxygen atoms in total. The molecule has 2 rings (SSSR count). The predicted molar refractivity (Wildman–Crippen MR) is 66.0 cm³/mol. The predicted octanol–water partition coefficient (Wildman–Crippen LogP) is 2.31. The van der Waals surface area contributed by atoms with Crippen molar-refractivity contribution < 1.29 is 9.84 Å². The highest BCUT2D eigenvalue weighted by Gasteiger charge is 2.47. The minimum atomic E-state index is -0.767. The molecule has 1 aliphatic rings. The van der Waals surface area contributed by atoms with Crippen molar-refractivity contribution >= 4 is 0 Å². The molecule has 1 N–H and O–H groups in total. The first-order valence-electron chi connectivity index (χ1n) is 6.50. The highest BCUT2D eigenvalue weighted by atomic mass is 16.5. The van der Waals surface area contributed by atoms with Crippen LogP contribution >= 0.6 is 0 Å². The van der Waals surface area contributed by atoms with Gasteiger partial charge >= 0.3 is 0 Å². The lowest BCUT2D eigenvalue weighted by Crippen LogP contribution is -2.31. The maximum atomic E-state index is 10.9. The van der Waals surface area contributed by atoms with E-state index in [1.165, 1.54) is 0 Å². The summed E-state index contributed by atoms with van der Waals surface area (Å²) < 4.78 is 7.26. The molecule has 1 aliphatic carbocycles. The smallest absolute Gasteiger partial charge is 0.162 e. The van der Waals surface area contributed by atoms with Crippen LogP contribution in [-0.4, -0.2) is 22.0 Å². The van der Waals surface area contributed by atoms with Crippen LogP contribution in [-0.2, 0) is 12.1 Å². The van der Waals surface area contributed by atoms with Crippen molar-refractivity contribution in [2.24, 2.45) is 5.92 Å². The monoisotopic (exact) mass is 238 g/mol. The van der Waals surface area contributed by atoms with Gasteiger partial charge in [-0.2, -0.15) is 5.10 Å². The molecule has 17 heavy (non-hydrogen) atoms. The minimum absolute atomic E-state index is 0.369. The van der Waals surface area contributed by atoms with Crippen LogP contribution in [0.2, 0.25) is 0 Å². The van der Waals surface area contributed by atoms with E-state index in [9.17, 15) is 5.11 Å². The fourth-order valence-electron chi connectivity index (χ4n) is 2.55. The van der Waals surface area contributed by atoms with Crippen LogP contribution in [0, 0.1) is 5.92 Å². The van der Waals surface area contributed by atoms with Crippen LogP contribution < -0.4 is 4.74 Å². The van der Waals surface area contributed by atoms with Gasteiger partial charge in [-0.3, -0.25) is 4.68 Å². The first-order valence-corrected chi connectivity index (χ1v) is 6.50. The van der Waals surface area contributed by atoms with Crippen LogP contribution in [0.5, 0.6) is 5.75 Å². The Labute approximate surface area is 103 Å². The third kappa shape index (κ3) is 2.06.